The van der Waals surface area contributed by atoms with Crippen molar-refractivity contribution in [2.75, 3.05) is 25.5 Å². The van der Waals surface area contributed by atoms with Gasteiger partial charge in [-0.05, 0) is 73.6 Å². The van der Waals surface area contributed by atoms with E-state index in [2.05, 4.69) is 12.2 Å². The lowest BCUT2D eigenvalue weighted by molar-refractivity contribution is 0.0600. The number of ether oxygens (including phenoxy) is 1. The number of rotatable bonds is 4. The maximum absolute atomic E-state index is 12.5. The number of methoxy groups -OCH3 is 1. The number of amides is 2. The number of esters is 1. The standard InChI is InChI=1S/C22H26N2O3/c1-15-4-9-20(12-16(15)2)23-22(26)24-11-10-18(14-24)13-17-5-7-19(8-6-17)21(25)27-3/h4-9,12,18H,10-11,13-14H2,1-3H3,(H,23,26). The Bertz CT molecular complexity index is 830. The van der Waals surface area contributed by atoms with Crippen LogP contribution in [0.25, 0.3) is 0 Å². The van der Waals surface area contributed by atoms with E-state index in [1.807, 2.05) is 42.2 Å². The van der Waals surface area contributed by atoms with Gasteiger partial charge in [-0.25, -0.2) is 9.59 Å². The Labute approximate surface area is 160 Å². The van der Waals surface area contributed by atoms with Crippen LogP contribution in [0.2, 0.25) is 0 Å². The maximum Gasteiger partial charge on any atom is 0.337 e. The molecule has 2 aromatic carbocycles. The molecule has 1 unspecified atom stereocenters. The predicted octanol–water partition coefficient (Wildman–Crippen LogP) is 4.19. The van der Waals surface area contributed by atoms with Crippen molar-refractivity contribution in [3.63, 3.8) is 0 Å². The van der Waals surface area contributed by atoms with Gasteiger partial charge in [-0.2, -0.15) is 0 Å². The fourth-order valence-corrected chi connectivity index (χ4v) is 3.43. The van der Waals surface area contributed by atoms with Gasteiger partial charge in [0.05, 0.1) is 12.7 Å². The molecule has 0 saturated carbocycles. The van der Waals surface area contributed by atoms with Gasteiger partial charge in [-0.3, -0.25) is 0 Å². The van der Waals surface area contributed by atoms with Gasteiger partial charge >= 0.3 is 12.0 Å². The minimum atomic E-state index is -0.323. The zero-order valence-electron chi connectivity index (χ0n) is 16.1. The van der Waals surface area contributed by atoms with Crippen molar-refractivity contribution in [2.45, 2.75) is 26.7 Å². The molecule has 0 aromatic heterocycles. The lowest BCUT2D eigenvalue weighted by Crippen LogP contribution is -2.33. The molecule has 5 heteroatoms. The van der Waals surface area contributed by atoms with E-state index >= 15 is 0 Å². The first-order valence-electron chi connectivity index (χ1n) is 9.26. The van der Waals surface area contributed by atoms with Crippen LogP contribution in [0, 0.1) is 19.8 Å². The van der Waals surface area contributed by atoms with Crippen LogP contribution in [-0.2, 0) is 11.2 Å². The van der Waals surface area contributed by atoms with E-state index < -0.39 is 0 Å². The quantitative estimate of drug-likeness (QED) is 0.826. The maximum atomic E-state index is 12.5. The van der Waals surface area contributed by atoms with Gasteiger partial charge in [0.15, 0.2) is 0 Å². The van der Waals surface area contributed by atoms with Crippen LogP contribution >= 0.6 is 0 Å². The number of anilines is 1. The molecular formula is C22H26N2O3. The normalized spacial score (nSPS) is 16.3. The molecule has 0 bridgehead atoms. The number of benzene rings is 2. The lowest BCUT2D eigenvalue weighted by atomic mass is 9.98. The number of likely N-dealkylation sites (tertiary alicyclic amines) is 1. The van der Waals surface area contributed by atoms with Crippen molar-refractivity contribution in [1.82, 2.24) is 4.90 Å². The van der Waals surface area contributed by atoms with Gasteiger partial charge in [0.1, 0.15) is 0 Å². The van der Waals surface area contributed by atoms with Crippen molar-refractivity contribution >= 4 is 17.7 Å². The van der Waals surface area contributed by atoms with Crippen molar-refractivity contribution in [2.24, 2.45) is 5.92 Å². The average molecular weight is 366 g/mol. The van der Waals surface area contributed by atoms with Crippen molar-refractivity contribution in [3.8, 4) is 0 Å². The highest BCUT2D eigenvalue weighted by Crippen LogP contribution is 2.23. The first-order valence-corrected chi connectivity index (χ1v) is 9.26. The highest BCUT2D eigenvalue weighted by Gasteiger charge is 2.26. The second kappa shape index (κ2) is 8.25. The van der Waals surface area contributed by atoms with Crippen LogP contribution in [-0.4, -0.2) is 37.1 Å². The molecule has 3 rings (SSSR count). The Kier molecular flexibility index (Phi) is 5.79. The number of nitrogens with zero attached hydrogens (tertiary/aromatic N) is 1. The highest BCUT2D eigenvalue weighted by atomic mass is 16.5. The summed E-state index contributed by atoms with van der Waals surface area (Å²) in [6.07, 6.45) is 1.88. The molecule has 2 aromatic rings. The number of hydrogen-bond donors (Lipinski definition) is 1. The number of urea groups is 1. The third-order valence-corrected chi connectivity index (χ3v) is 5.23. The monoisotopic (exact) mass is 366 g/mol. The Balaban J connectivity index is 1.54. The molecule has 1 heterocycles. The Morgan fingerprint density at radius 1 is 1.11 bits per heavy atom. The molecule has 0 aliphatic carbocycles. The van der Waals surface area contributed by atoms with E-state index in [1.54, 1.807) is 12.1 Å². The van der Waals surface area contributed by atoms with E-state index in [0.717, 1.165) is 31.6 Å². The summed E-state index contributed by atoms with van der Waals surface area (Å²) in [5.41, 5.74) is 4.95. The molecule has 1 aliphatic heterocycles. The smallest absolute Gasteiger partial charge is 0.337 e. The fourth-order valence-electron chi connectivity index (χ4n) is 3.43. The molecular weight excluding hydrogens is 340 g/mol. The lowest BCUT2D eigenvalue weighted by Gasteiger charge is -2.18. The van der Waals surface area contributed by atoms with Crippen molar-refractivity contribution in [1.29, 1.82) is 0 Å². The molecule has 1 atom stereocenters. The Morgan fingerprint density at radius 3 is 2.52 bits per heavy atom. The number of aryl methyl sites for hydroxylation is 2. The second-order valence-electron chi connectivity index (χ2n) is 7.22. The summed E-state index contributed by atoms with van der Waals surface area (Å²) in [4.78, 5) is 25.9. The van der Waals surface area contributed by atoms with Gasteiger partial charge in [-0.1, -0.05) is 18.2 Å². The molecule has 1 N–H and O–H groups in total. The van der Waals surface area contributed by atoms with Crippen LogP contribution in [0.4, 0.5) is 10.5 Å². The summed E-state index contributed by atoms with van der Waals surface area (Å²) in [6.45, 7) is 5.61. The molecule has 1 aliphatic rings. The van der Waals surface area contributed by atoms with Crippen molar-refractivity contribution < 1.29 is 14.3 Å². The highest BCUT2D eigenvalue weighted by molar-refractivity contribution is 5.90. The van der Waals surface area contributed by atoms with Gasteiger partial charge < -0.3 is 15.0 Å². The minimum absolute atomic E-state index is 0.0400. The summed E-state index contributed by atoms with van der Waals surface area (Å²) in [6, 6.07) is 13.4. The van der Waals surface area contributed by atoms with E-state index in [9.17, 15) is 9.59 Å². The zero-order chi connectivity index (χ0) is 19.4. The summed E-state index contributed by atoms with van der Waals surface area (Å²) in [5.74, 6) is 0.107. The van der Waals surface area contributed by atoms with E-state index in [-0.39, 0.29) is 12.0 Å². The topological polar surface area (TPSA) is 58.6 Å². The largest absolute Gasteiger partial charge is 0.465 e. The summed E-state index contributed by atoms with van der Waals surface area (Å²) in [5, 5.41) is 3.00. The van der Waals surface area contributed by atoms with E-state index in [0.29, 0.717) is 11.5 Å². The predicted molar refractivity (Wildman–Crippen MR) is 106 cm³/mol. The zero-order valence-corrected chi connectivity index (χ0v) is 16.1. The molecule has 5 nitrogen and oxygen atoms in total. The van der Waals surface area contributed by atoms with Crippen LogP contribution in [0.3, 0.4) is 0 Å². The Morgan fingerprint density at radius 2 is 1.85 bits per heavy atom. The molecule has 27 heavy (non-hydrogen) atoms. The Hall–Kier alpha value is -2.82. The van der Waals surface area contributed by atoms with Gasteiger partial charge in [0.25, 0.3) is 0 Å². The second-order valence-corrected chi connectivity index (χ2v) is 7.22. The first kappa shape index (κ1) is 19.0. The number of carbonyl (C=O) groups is 2. The molecule has 142 valence electrons. The summed E-state index contributed by atoms with van der Waals surface area (Å²) < 4.78 is 4.72. The molecule has 0 spiro atoms. The van der Waals surface area contributed by atoms with Gasteiger partial charge in [-0.15, -0.1) is 0 Å². The third-order valence-electron chi connectivity index (χ3n) is 5.23. The SMILES string of the molecule is COC(=O)c1ccc(CC2CCN(C(=O)Nc3ccc(C)c(C)c3)C2)cc1. The summed E-state index contributed by atoms with van der Waals surface area (Å²) in [7, 11) is 1.38. The average Bonchev–Trinajstić information content (AvgIpc) is 3.13. The van der Waals surface area contributed by atoms with Crippen LogP contribution in [0.5, 0.6) is 0 Å². The van der Waals surface area contributed by atoms with Gasteiger partial charge in [0, 0.05) is 18.8 Å². The van der Waals surface area contributed by atoms with Gasteiger partial charge in [0.2, 0.25) is 0 Å². The third kappa shape index (κ3) is 4.67. The number of nitrogens with one attached hydrogen (secondary N) is 1. The van der Waals surface area contributed by atoms with Crippen molar-refractivity contribution in [3.05, 3.63) is 64.7 Å². The molecule has 1 saturated heterocycles. The number of hydrogen-bond acceptors (Lipinski definition) is 3. The van der Waals surface area contributed by atoms with E-state index in [4.69, 9.17) is 4.74 Å². The molecule has 2 amide bonds. The summed E-state index contributed by atoms with van der Waals surface area (Å²) >= 11 is 0. The number of carbonyl (C=O) groups excluding carboxylic acids is 2. The first-order chi connectivity index (χ1) is 13.0. The van der Waals surface area contributed by atoms with Crippen LogP contribution in [0.15, 0.2) is 42.5 Å². The molecule has 1 fully saturated rings. The molecule has 0 radical (unpaired) electrons. The van der Waals surface area contributed by atoms with Crippen LogP contribution < -0.4 is 5.32 Å². The van der Waals surface area contributed by atoms with Crippen LogP contribution in [0.1, 0.15) is 33.5 Å². The fraction of sp³-hybridized carbons (Fsp3) is 0.364. The van der Waals surface area contributed by atoms with E-state index in [1.165, 1.54) is 23.8 Å². The minimum Gasteiger partial charge on any atom is -0.465 e.